The first kappa shape index (κ1) is 11.7. The zero-order valence-corrected chi connectivity index (χ0v) is 9.59. The van der Waals surface area contributed by atoms with Crippen molar-refractivity contribution in [2.24, 2.45) is 5.92 Å². The summed E-state index contributed by atoms with van der Waals surface area (Å²) >= 11 is 0. The van der Waals surface area contributed by atoms with E-state index in [-0.39, 0.29) is 0 Å². The van der Waals surface area contributed by atoms with Gasteiger partial charge >= 0.3 is 0 Å². The molecule has 2 heteroatoms. The molecule has 0 bridgehead atoms. The monoisotopic (exact) mass is 197 g/mol. The molecule has 0 amide bonds. The van der Waals surface area contributed by atoms with Crippen LogP contribution in [0.1, 0.15) is 45.4 Å². The third-order valence-corrected chi connectivity index (χ3v) is 3.14. The Bertz CT molecular complexity index is 173. The molecule has 1 fully saturated rings. The Hall–Kier alpha value is -0.370. The Kier molecular flexibility index (Phi) is 5.16. The van der Waals surface area contributed by atoms with Crippen LogP contribution in [0.15, 0.2) is 0 Å². The van der Waals surface area contributed by atoms with Gasteiger partial charge in [0.25, 0.3) is 0 Å². The van der Waals surface area contributed by atoms with Crippen molar-refractivity contribution < 1.29 is 4.79 Å². The summed E-state index contributed by atoms with van der Waals surface area (Å²) in [5.41, 5.74) is 0. The molecule has 0 aromatic carbocycles. The van der Waals surface area contributed by atoms with Crippen LogP contribution in [0.4, 0.5) is 0 Å². The highest BCUT2D eigenvalue weighted by Crippen LogP contribution is 2.23. The van der Waals surface area contributed by atoms with Gasteiger partial charge in [-0.15, -0.1) is 0 Å². The summed E-state index contributed by atoms with van der Waals surface area (Å²) in [5.74, 6) is 1.20. The average Bonchev–Trinajstić information content (AvgIpc) is 2.16. The van der Waals surface area contributed by atoms with Crippen LogP contribution in [0.5, 0.6) is 0 Å². The number of carbonyl (C=O) groups is 1. The highest BCUT2D eigenvalue weighted by molar-refractivity contribution is 5.75. The van der Waals surface area contributed by atoms with Crippen molar-refractivity contribution >= 4 is 5.78 Å². The first-order chi connectivity index (χ1) is 6.68. The van der Waals surface area contributed by atoms with Gasteiger partial charge in [-0.25, -0.2) is 0 Å². The first-order valence-electron chi connectivity index (χ1n) is 5.86. The van der Waals surface area contributed by atoms with Crippen molar-refractivity contribution in [3.63, 3.8) is 0 Å². The molecule has 1 aliphatic carbocycles. The van der Waals surface area contributed by atoms with Crippen LogP contribution in [0, 0.1) is 5.92 Å². The lowest BCUT2D eigenvalue weighted by molar-refractivity contribution is -0.117. The second kappa shape index (κ2) is 6.18. The first-order valence-corrected chi connectivity index (χ1v) is 5.86. The molecule has 82 valence electrons. The second-order valence-corrected chi connectivity index (χ2v) is 4.72. The quantitative estimate of drug-likeness (QED) is 0.675. The lowest BCUT2D eigenvalue weighted by atomic mass is 9.89. The largest absolute Gasteiger partial charge is 0.306 e. The summed E-state index contributed by atoms with van der Waals surface area (Å²) in [6, 6.07) is 0. The van der Waals surface area contributed by atoms with Crippen LogP contribution in [0.25, 0.3) is 0 Å². The number of rotatable bonds is 5. The molecule has 0 aromatic heterocycles. The van der Waals surface area contributed by atoms with Crippen LogP contribution in [-0.2, 0) is 4.79 Å². The fraction of sp³-hybridized carbons (Fsp3) is 0.917. The van der Waals surface area contributed by atoms with Gasteiger partial charge in [-0.1, -0.05) is 19.3 Å². The van der Waals surface area contributed by atoms with Crippen molar-refractivity contribution in [2.75, 3.05) is 20.1 Å². The van der Waals surface area contributed by atoms with E-state index in [0.29, 0.717) is 12.2 Å². The molecule has 2 nitrogen and oxygen atoms in total. The molecular weight excluding hydrogens is 174 g/mol. The van der Waals surface area contributed by atoms with Crippen LogP contribution >= 0.6 is 0 Å². The Morgan fingerprint density at radius 3 is 2.50 bits per heavy atom. The standard InChI is InChI=1S/C12H23NO/c1-11(14)8-9-13(2)10-12-6-4-3-5-7-12/h12H,3-10H2,1-2H3. The summed E-state index contributed by atoms with van der Waals surface area (Å²) in [6.07, 6.45) is 7.74. The molecule has 0 atom stereocenters. The number of hydrogen-bond donors (Lipinski definition) is 0. The SMILES string of the molecule is CC(=O)CCN(C)CC1CCCCC1. The van der Waals surface area contributed by atoms with E-state index in [0.717, 1.165) is 12.5 Å². The third-order valence-electron chi connectivity index (χ3n) is 3.14. The number of nitrogens with zero attached hydrogens (tertiary/aromatic N) is 1. The minimum Gasteiger partial charge on any atom is -0.306 e. The van der Waals surface area contributed by atoms with E-state index >= 15 is 0 Å². The zero-order chi connectivity index (χ0) is 10.4. The summed E-state index contributed by atoms with van der Waals surface area (Å²) in [6.45, 7) is 3.80. The van der Waals surface area contributed by atoms with Gasteiger partial charge in [0.15, 0.2) is 0 Å². The summed E-state index contributed by atoms with van der Waals surface area (Å²) < 4.78 is 0. The van der Waals surface area contributed by atoms with Crippen LogP contribution < -0.4 is 0 Å². The summed E-state index contributed by atoms with van der Waals surface area (Å²) in [5, 5.41) is 0. The molecule has 14 heavy (non-hydrogen) atoms. The predicted octanol–water partition coefficient (Wildman–Crippen LogP) is 2.48. The normalized spacial score (nSPS) is 18.8. The number of Topliss-reactive ketones (excluding diaryl/α,β-unsaturated/α-hetero) is 1. The van der Waals surface area contributed by atoms with Crippen LogP contribution in [-0.4, -0.2) is 30.8 Å². The number of carbonyl (C=O) groups excluding carboxylic acids is 1. The van der Waals surface area contributed by atoms with E-state index in [2.05, 4.69) is 11.9 Å². The summed E-state index contributed by atoms with van der Waals surface area (Å²) in [4.78, 5) is 13.1. The topological polar surface area (TPSA) is 20.3 Å². The van der Waals surface area contributed by atoms with Gasteiger partial charge in [0, 0.05) is 19.5 Å². The van der Waals surface area contributed by atoms with Gasteiger partial charge in [0.2, 0.25) is 0 Å². The Morgan fingerprint density at radius 2 is 1.93 bits per heavy atom. The molecule has 0 spiro atoms. The molecular formula is C12H23NO. The minimum atomic E-state index is 0.306. The minimum absolute atomic E-state index is 0.306. The molecule has 0 saturated heterocycles. The van der Waals surface area contributed by atoms with Gasteiger partial charge in [0.1, 0.15) is 5.78 Å². The predicted molar refractivity (Wildman–Crippen MR) is 59.4 cm³/mol. The Labute approximate surface area is 87.7 Å². The Balaban J connectivity index is 2.11. The molecule has 0 radical (unpaired) electrons. The number of ketones is 1. The van der Waals surface area contributed by atoms with Gasteiger partial charge in [-0.05, 0) is 32.7 Å². The zero-order valence-electron chi connectivity index (χ0n) is 9.59. The van der Waals surface area contributed by atoms with E-state index in [1.54, 1.807) is 6.92 Å². The fourth-order valence-electron chi connectivity index (χ4n) is 2.25. The van der Waals surface area contributed by atoms with Gasteiger partial charge in [-0.2, -0.15) is 0 Å². The maximum absolute atomic E-state index is 10.8. The van der Waals surface area contributed by atoms with E-state index < -0.39 is 0 Å². The highest BCUT2D eigenvalue weighted by Gasteiger charge is 2.15. The van der Waals surface area contributed by atoms with Gasteiger partial charge in [0.05, 0.1) is 0 Å². The maximum atomic E-state index is 10.8. The molecule has 0 unspecified atom stereocenters. The second-order valence-electron chi connectivity index (χ2n) is 4.72. The highest BCUT2D eigenvalue weighted by atomic mass is 16.1. The summed E-state index contributed by atoms with van der Waals surface area (Å²) in [7, 11) is 2.14. The van der Waals surface area contributed by atoms with Gasteiger partial charge < -0.3 is 4.90 Å². The molecule has 0 N–H and O–H groups in total. The van der Waals surface area contributed by atoms with Gasteiger partial charge in [-0.3, -0.25) is 4.79 Å². The molecule has 0 aliphatic heterocycles. The average molecular weight is 197 g/mol. The van der Waals surface area contributed by atoms with Crippen molar-refractivity contribution in [3.05, 3.63) is 0 Å². The molecule has 0 aromatic rings. The third kappa shape index (κ3) is 4.75. The molecule has 1 rings (SSSR count). The molecule has 0 heterocycles. The van der Waals surface area contributed by atoms with E-state index in [1.807, 2.05) is 0 Å². The lowest BCUT2D eigenvalue weighted by Gasteiger charge is -2.26. The number of hydrogen-bond acceptors (Lipinski definition) is 2. The van der Waals surface area contributed by atoms with E-state index in [4.69, 9.17) is 0 Å². The lowest BCUT2D eigenvalue weighted by Crippen LogP contribution is -2.28. The van der Waals surface area contributed by atoms with E-state index in [9.17, 15) is 4.79 Å². The van der Waals surface area contributed by atoms with E-state index in [1.165, 1.54) is 38.6 Å². The Morgan fingerprint density at radius 1 is 1.29 bits per heavy atom. The fourth-order valence-corrected chi connectivity index (χ4v) is 2.25. The molecule has 1 saturated carbocycles. The van der Waals surface area contributed by atoms with Crippen LogP contribution in [0.3, 0.4) is 0 Å². The van der Waals surface area contributed by atoms with Crippen LogP contribution in [0.2, 0.25) is 0 Å². The van der Waals surface area contributed by atoms with Crippen molar-refractivity contribution in [1.82, 2.24) is 4.90 Å². The van der Waals surface area contributed by atoms with Crippen molar-refractivity contribution in [1.29, 1.82) is 0 Å². The maximum Gasteiger partial charge on any atom is 0.131 e. The van der Waals surface area contributed by atoms with Crippen molar-refractivity contribution in [2.45, 2.75) is 45.4 Å². The van der Waals surface area contributed by atoms with Crippen molar-refractivity contribution in [3.8, 4) is 0 Å². The molecule has 1 aliphatic rings. The smallest absolute Gasteiger partial charge is 0.131 e.